The number of aliphatic imine (C=N–C) groups is 1. The molecule has 0 unspecified atom stereocenters. The second kappa shape index (κ2) is 4.95. The van der Waals surface area contributed by atoms with Gasteiger partial charge in [0.05, 0.1) is 0 Å². The number of aromatic nitrogens is 1. The number of furan rings is 1. The molecule has 104 valence electrons. The van der Waals surface area contributed by atoms with Gasteiger partial charge in [0, 0.05) is 41.5 Å². The fourth-order valence-corrected chi connectivity index (χ4v) is 2.44. The van der Waals surface area contributed by atoms with Gasteiger partial charge >= 0.3 is 0 Å². The van der Waals surface area contributed by atoms with E-state index in [1.807, 2.05) is 39.2 Å². The van der Waals surface area contributed by atoms with Crippen LogP contribution in [0.25, 0.3) is 10.9 Å². The van der Waals surface area contributed by atoms with E-state index in [0.29, 0.717) is 11.4 Å². The second-order valence-corrected chi connectivity index (χ2v) is 5.05. The standard InChI is InChI=1S/C17H15N3O/c1-11-12(2)21-17(15(11)8-18)19-9-13-10-20(3)16-7-5-4-6-14(13)16/h4-7,9-10H,1-3H3. The van der Waals surface area contributed by atoms with Gasteiger partial charge < -0.3 is 8.98 Å². The Morgan fingerprint density at radius 1 is 1.29 bits per heavy atom. The van der Waals surface area contributed by atoms with Crippen molar-refractivity contribution in [2.24, 2.45) is 12.0 Å². The predicted molar refractivity (Wildman–Crippen MR) is 83.1 cm³/mol. The summed E-state index contributed by atoms with van der Waals surface area (Å²) >= 11 is 0. The average Bonchev–Trinajstić information content (AvgIpc) is 2.95. The average molecular weight is 277 g/mol. The van der Waals surface area contributed by atoms with Crippen LogP contribution in [-0.4, -0.2) is 10.8 Å². The van der Waals surface area contributed by atoms with Crippen LogP contribution in [0.2, 0.25) is 0 Å². The summed E-state index contributed by atoms with van der Waals surface area (Å²) in [5, 5.41) is 10.3. The molecule has 0 atom stereocenters. The van der Waals surface area contributed by atoms with Gasteiger partial charge in [-0.25, -0.2) is 4.99 Å². The Kier molecular flexibility index (Phi) is 3.11. The molecule has 1 aromatic carbocycles. The van der Waals surface area contributed by atoms with Crippen LogP contribution in [-0.2, 0) is 7.05 Å². The van der Waals surface area contributed by atoms with E-state index in [4.69, 9.17) is 4.42 Å². The van der Waals surface area contributed by atoms with E-state index < -0.39 is 0 Å². The minimum Gasteiger partial charge on any atom is -0.442 e. The number of rotatable bonds is 2. The van der Waals surface area contributed by atoms with Gasteiger partial charge in [0.1, 0.15) is 17.4 Å². The SMILES string of the molecule is Cc1oc(N=Cc2cn(C)c3ccccc23)c(C#N)c1C. The number of fused-ring (bicyclic) bond motifs is 1. The topological polar surface area (TPSA) is 54.2 Å². The molecule has 21 heavy (non-hydrogen) atoms. The summed E-state index contributed by atoms with van der Waals surface area (Å²) < 4.78 is 7.61. The molecule has 4 heteroatoms. The van der Waals surface area contributed by atoms with E-state index in [-0.39, 0.29) is 0 Å². The first-order valence-electron chi connectivity index (χ1n) is 6.70. The molecule has 0 fully saturated rings. The van der Waals surface area contributed by atoms with Gasteiger partial charge in [-0.2, -0.15) is 5.26 Å². The summed E-state index contributed by atoms with van der Waals surface area (Å²) in [7, 11) is 2.00. The van der Waals surface area contributed by atoms with Crippen molar-refractivity contribution >= 4 is 23.0 Å². The van der Waals surface area contributed by atoms with Crippen molar-refractivity contribution in [2.75, 3.05) is 0 Å². The zero-order valence-electron chi connectivity index (χ0n) is 12.2. The third-order valence-corrected chi connectivity index (χ3v) is 3.73. The van der Waals surface area contributed by atoms with E-state index in [1.54, 1.807) is 6.21 Å². The van der Waals surface area contributed by atoms with Crippen LogP contribution in [0.1, 0.15) is 22.5 Å². The molecule has 0 aliphatic heterocycles. The Balaban J connectivity index is 2.07. The molecular formula is C17H15N3O. The smallest absolute Gasteiger partial charge is 0.237 e. The van der Waals surface area contributed by atoms with E-state index in [2.05, 4.69) is 27.8 Å². The Morgan fingerprint density at radius 3 is 2.81 bits per heavy atom. The lowest BCUT2D eigenvalue weighted by molar-refractivity contribution is 0.542. The van der Waals surface area contributed by atoms with Crippen molar-refractivity contribution in [1.82, 2.24) is 4.57 Å². The van der Waals surface area contributed by atoms with Crippen molar-refractivity contribution in [3.63, 3.8) is 0 Å². The molecule has 0 saturated heterocycles. The Hall–Kier alpha value is -2.80. The molecule has 3 rings (SSSR count). The molecule has 0 aliphatic rings. The van der Waals surface area contributed by atoms with Gasteiger partial charge in [0.15, 0.2) is 0 Å². The van der Waals surface area contributed by atoms with Crippen molar-refractivity contribution in [2.45, 2.75) is 13.8 Å². The van der Waals surface area contributed by atoms with Crippen molar-refractivity contribution in [3.8, 4) is 6.07 Å². The van der Waals surface area contributed by atoms with Gasteiger partial charge in [0.25, 0.3) is 0 Å². The molecule has 0 aliphatic carbocycles. The first kappa shape index (κ1) is 13.2. The number of nitrogens with zero attached hydrogens (tertiary/aromatic N) is 3. The summed E-state index contributed by atoms with van der Waals surface area (Å²) in [4.78, 5) is 4.36. The van der Waals surface area contributed by atoms with Crippen LogP contribution in [0, 0.1) is 25.2 Å². The van der Waals surface area contributed by atoms with Gasteiger partial charge in [-0.15, -0.1) is 0 Å². The van der Waals surface area contributed by atoms with Crippen molar-refractivity contribution < 1.29 is 4.42 Å². The van der Waals surface area contributed by atoms with Crippen LogP contribution >= 0.6 is 0 Å². The van der Waals surface area contributed by atoms with Crippen LogP contribution in [0.3, 0.4) is 0 Å². The molecule has 2 aromatic heterocycles. The Labute approximate surface area is 122 Å². The Bertz CT molecular complexity index is 891. The van der Waals surface area contributed by atoms with E-state index in [0.717, 1.165) is 27.8 Å². The highest BCUT2D eigenvalue weighted by molar-refractivity contribution is 6.00. The van der Waals surface area contributed by atoms with E-state index in [9.17, 15) is 5.26 Å². The number of aryl methyl sites for hydroxylation is 2. The molecule has 4 nitrogen and oxygen atoms in total. The first-order valence-corrected chi connectivity index (χ1v) is 6.70. The number of nitriles is 1. The summed E-state index contributed by atoms with van der Waals surface area (Å²) in [5.74, 6) is 1.11. The highest BCUT2D eigenvalue weighted by atomic mass is 16.4. The summed E-state index contributed by atoms with van der Waals surface area (Å²) in [6.45, 7) is 3.71. The van der Waals surface area contributed by atoms with Crippen molar-refractivity contribution in [3.05, 3.63) is 52.9 Å². The number of para-hydroxylation sites is 1. The highest BCUT2D eigenvalue weighted by Crippen LogP contribution is 2.28. The molecule has 0 radical (unpaired) electrons. The maximum absolute atomic E-state index is 9.20. The molecule has 0 N–H and O–H groups in total. The minimum atomic E-state index is 0.375. The minimum absolute atomic E-state index is 0.375. The van der Waals surface area contributed by atoms with Crippen LogP contribution in [0.15, 0.2) is 39.9 Å². The summed E-state index contributed by atoms with van der Waals surface area (Å²) in [6, 6.07) is 10.3. The second-order valence-electron chi connectivity index (χ2n) is 5.05. The fraction of sp³-hybridized carbons (Fsp3) is 0.176. The molecule has 3 aromatic rings. The molecule has 0 bridgehead atoms. The molecular weight excluding hydrogens is 262 g/mol. The van der Waals surface area contributed by atoms with Gasteiger partial charge in [-0.1, -0.05) is 18.2 Å². The summed E-state index contributed by atoms with van der Waals surface area (Å²) in [6.07, 6.45) is 3.77. The highest BCUT2D eigenvalue weighted by Gasteiger charge is 2.13. The largest absolute Gasteiger partial charge is 0.442 e. The molecule has 0 spiro atoms. The van der Waals surface area contributed by atoms with Crippen LogP contribution in [0.4, 0.5) is 5.88 Å². The normalized spacial score (nSPS) is 11.3. The van der Waals surface area contributed by atoms with Crippen LogP contribution < -0.4 is 0 Å². The fourth-order valence-electron chi connectivity index (χ4n) is 2.44. The zero-order valence-corrected chi connectivity index (χ0v) is 12.2. The number of benzene rings is 1. The molecule has 0 saturated carbocycles. The maximum atomic E-state index is 9.20. The quantitative estimate of drug-likeness (QED) is 0.664. The van der Waals surface area contributed by atoms with Gasteiger partial charge in [0.2, 0.25) is 5.88 Å². The third-order valence-electron chi connectivity index (χ3n) is 3.73. The maximum Gasteiger partial charge on any atom is 0.237 e. The lowest BCUT2D eigenvalue weighted by Crippen LogP contribution is -1.82. The lowest BCUT2D eigenvalue weighted by atomic mass is 10.2. The number of hydrogen-bond acceptors (Lipinski definition) is 3. The summed E-state index contributed by atoms with van der Waals surface area (Å²) in [5.41, 5.74) is 3.50. The van der Waals surface area contributed by atoms with Gasteiger partial charge in [-0.3, -0.25) is 0 Å². The first-order chi connectivity index (χ1) is 10.1. The van der Waals surface area contributed by atoms with Gasteiger partial charge in [-0.05, 0) is 19.9 Å². The van der Waals surface area contributed by atoms with E-state index >= 15 is 0 Å². The molecule has 0 amide bonds. The molecule has 2 heterocycles. The van der Waals surface area contributed by atoms with Crippen molar-refractivity contribution in [1.29, 1.82) is 5.26 Å². The monoisotopic (exact) mass is 277 g/mol. The Morgan fingerprint density at radius 2 is 2.05 bits per heavy atom. The third kappa shape index (κ3) is 2.13. The van der Waals surface area contributed by atoms with Crippen LogP contribution in [0.5, 0.6) is 0 Å². The zero-order chi connectivity index (χ0) is 15.0. The number of hydrogen-bond donors (Lipinski definition) is 0. The lowest BCUT2D eigenvalue weighted by Gasteiger charge is -1.93. The van der Waals surface area contributed by atoms with E-state index in [1.165, 1.54) is 0 Å². The predicted octanol–water partition coefficient (Wildman–Crippen LogP) is 4.01.